The van der Waals surface area contributed by atoms with Gasteiger partial charge < -0.3 is 9.47 Å². The Morgan fingerprint density at radius 3 is 1.64 bits per heavy atom. The molecular weight excluding hydrogens is 641 g/mol. The second kappa shape index (κ2) is 12.3. The van der Waals surface area contributed by atoms with Gasteiger partial charge in [0, 0.05) is 44.5 Å². The summed E-state index contributed by atoms with van der Waals surface area (Å²) >= 11 is 0. The van der Waals surface area contributed by atoms with E-state index in [2.05, 4.69) is 217 Å². The summed E-state index contributed by atoms with van der Waals surface area (Å²) in [5, 5.41) is 2.51. The van der Waals surface area contributed by atoms with Gasteiger partial charge in [-0.1, -0.05) is 153 Å². The summed E-state index contributed by atoms with van der Waals surface area (Å²) in [5.41, 5.74) is 17.0. The predicted molar refractivity (Wildman–Crippen MR) is 224 cm³/mol. The van der Waals surface area contributed by atoms with Crippen LogP contribution >= 0.6 is 0 Å². The molecule has 0 aliphatic heterocycles. The van der Waals surface area contributed by atoms with E-state index in [1.807, 2.05) is 0 Å². The highest BCUT2D eigenvalue weighted by Gasteiger charge is 2.37. The van der Waals surface area contributed by atoms with E-state index in [9.17, 15) is 0 Å². The summed E-state index contributed by atoms with van der Waals surface area (Å²) < 4.78 is 2.50. The number of anilines is 3. The highest BCUT2D eigenvalue weighted by molar-refractivity contribution is 6.16. The third-order valence-electron chi connectivity index (χ3n) is 11.1. The van der Waals surface area contributed by atoms with Crippen LogP contribution in [0.2, 0.25) is 0 Å². The van der Waals surface area contributed by atoms with Crippen LogP contribution in [0.15, 0.2) is 194 Å². The molecule has 1 aromatic heterocycles. The molecule has 0 atom stereocenters. The maximum Gasteiger partial charge on any atom is 0.0622 e. The zero-order chi connectivity index (χ0) is 35.5. The molecule has 9 aromatic rings. The first kappa shape index (κ1) is 31.1. The summed E-state index contributed by atoms with van der Waals surface area (Å²) in [7, 11) is 0. The van der Waals surface area contributed by atoms with Gasteiger partial charge in [-0.3, -0.25) is 0 Å². The van der Waals surface area contributed by atoms with Gasteiger partial charge in [0.1, 0.15) is 0 Å². The monoisotopic (exact) mass is 678 g/mol. The third-order valence-corrected chi connectivity index (χ3v) is 11.1. The van der Waals surface area contributed by atoms with Gasteiger partial charge in [0.05, 0.1) is 11.0 Å². The molecule has 0 unspecified atom stereocenters. The zero-order valence-corrected chi connectivity index (χ0v) is 29.9. The molecule has 0 amide bonds. The fraction of sp³-hybridized carbons (Fsp3) is 0.0588. The normalized spacial score (nSPS) is 12.9. The molecule has 1 aliphatic carbocycles. The van der Waals surface area contributed by atoms with Crippen LogP contribution in [-0.2, 0) is 5.41 Å². The Kier molecular flexibility index (Phi) is 7.19. The number of benzene rings is 8. The van der Waals surface area contributed by atoms with Crippen molar-refractivity contribution >= 4 is 38.9 Å². The van der Waals surface area contributed by atoms with Crippen molar-refractivity contribution in [1.82, 2.24) is 4.57 Å². The molecule has 1 aliphatic rings. The fourth-order valence-electron chi connectivity index (χ4n) is 8.62. The van der Waals surface area contributed by atoms with E-state index in [0.29, 0.717) is 0 Å². The molecule has 0 bridgehead atoms. The van der Waals surface area contributed by atoms with Crippen LogP contribution in [0.3, 0.4) is 0 Å². The van der Waals surface area contributed by atoms with Gasteiger partial charge >= 0.3 is 0 Å². The summed E-state index contributed by atoms with van der Waals surface area (Å²) in [6.45, 7) is 4.73. The van der Waals surface area contributed by atoms with Gasteiger partial charge in [-0.25, -0.2) is 0 Å². The first-order valence-corrected chi connectivity index (χ1v) is 18.4. The van der Waals surface area contributed by atoms with Crippen molar-refractivity contribution in [2.24, 2.45) is 0 Å². The van der Waals surface area contributed by atoms with Crippen molar-refractivity contribution in [1.29, 1.82) is 0 Å². The smallest absolute Gasteiger partial charge is 0.0622 e. The predicted octanol–water partition coefficient (Wildman–Crippen LogP) is 13.9. The van der Waals surface area contributed by atoms with Crippen LogP contribution in [-0.4, -0.2) is 4.57 Å². The molecule has 0 saturated heterocycles. The minimum absolute atomic E-state index is 0.0897. The maximum atomic E-state index is 2.50. The molecule has 2 heteroatoms. The summed E-state index contributed by atoms with van der Waals surface area (Å²) in [6, 6.07) is 70.8. The van der Waals surface area contributed by atoms with Crippen LogP contribution in [0.25, 0.3) is 60.9 Å². The van der Waals surface area contributed by atoms with Crippen molar-refractivity contribution in [2.45, 2.75) is 19.3 Å². The molecule has 53 heavy (non-hydrogen) atoms. The Balaban J connectivity index is 1.27. The quantitative estimate of drug-likeness (QED) is 0.170. The van der Waals surface area contributed by atoms with Gasteiger partial charge in [0.15, 0.2) is 0 Å². The molecule has 10 rings (SSSR count). The zero-order valence-electron chi connectivity index (χ0n) is 29.9. The minimum atomic E-state index is -0.0897. The molecule has 0 saturated carbocycles. The van der Waals surface area contributed by atoms with Gasteiger partial charge in [0.2, 0.25) is 0 Å². The van der Waals surface area contributed by atoms with Crippen molar-refractivity contribution in [3.63, 3.8) is 0 Å². The first-order valence-electron chi connectivity index (χ1n) is 18.4. The number of hydrogen-bond acceptors (Lipinski definition) is 1. The third kappa shape index (κ3) is 5.02. The number of nitrogens with zero attached hydrogens (tertiary/aromatic N) is 2. The fourth-order valence-corrected chi connectivity index (χ4v) is 8.62. The molecule has 0 fully saturated rings. The van der Waals surface area contributed by atoms with Crippen molar-refractivity contribution in [2.75, 3.05) is 4.90 Å². The van der Waals surface area contributed by atoms with Crippen molar-refractivity contribution in [3.05, 3.63) is 205 Å². The average Bonchev–Trinajstić information content (AvgIpc) is 3.67. The average molecular weight is 679 g/mol. The van der Waals surface area contributed by atoms with Crippen LogP contribution in [0, 0.1) is 0 Å². The number of aromatic nitrogens is 1. The van der Waals surface area contributed by atoms with Crippen LogP contribution < -0.4 is 4.90 Å². The minimum Gasteiger partial charge on any atom is -0.310 e. The molecule has 252 valence electrons. The van der Waals surface area contributed by atoms with E-state index in [4.69, 9.17) is 0 Å². The summed E-state index contributed by atoms with van der Waals surface area (Å²) in [5.74, 6) is 0. The second-order valence-corrected chi connectivity index (χ2v) is 14.6. The maximum absolute atomic E-state index is 2.50. The molecule has 0 N–H and O–H groups in total. The first-order chi connectivity index (χ1) is 26.1. The Morgan fingerprint density at radius 1 is 0.415 bits per heavy atom. The molecule has 8 aromatic carbocycles. The molecule has 0 spiro atoms. The number of rotatable bonds is 6. The summed E-state index contributed by atoms with van der Waals surface area (Å²) in [4.78, 5) is 2.41. The lowest BCUT2D eigenvalue weighted by Crippen LogP contribution is -2.14. The topological polar surface area (TPSA) is 8.17 Å². The van der Waals surface area contributed by atoms with Crippen LogP contribution in [0.4, 0.5) is 17.1 Å². The largest absolute Gasteiger partial charge is 0.310 e. The van der Waals surface area contributed by atoms with Gasteiger partial charge in [-0.2, -0.15) is 0 Å². The molecule has 0 radical (unpaired) electrons. The van der Waals surface area contributed by atoms with Gasteiger partial charge in [-0.15, -0.1) is 0 Å². The lowest BCUT2D eigenvalue weighted by molar-refractivity contribution is 0.661. The highest BCUT2D eigenvalue weighted by atomic mass is 15.1. The van der Waals surface area contributed by atoms with Gasteiger partial charge in [-0.05, 0) is 93.5 Å². The van der Waals surface area contributed by atoms with E-state index in [0.717, 1.165) is 22.7 Å². The highest BCUT2D eigenvalue weighted by Crippen LogP contribution is 2.53. The van der Waals surface area contributed by atoms with Gasteiger partial charge in [0.25, 0.3) is 0 Å². The summed E-state index contributed by atoms with van der Waals surface area (Å²) in [6.07, 6.45) is 0. The lowest BCUT2D eigenvalue weighted by Gasteiger charge is -2.27. The van der Waals surface area contributed by atoms with E-state index in [-0.39, 0.29) is 5.41 Å². The Bertz CT molecular complexity index is 2720. The van der Waals surface area contributed by atoms with E-state index in [1.165, 1.54) is 66.3 Å². The van der Waals surface area contributed by atoms with E-state index >= 15 is 0 Å². The van der Waals surface area contributed by atoms with Crippen molar-refractivity contribution < 1.29 is 0 Å². The second-order valence-electron chi connectivity index (χ2n) is 14.6. The Hall–Kier alpha value is -6.64. The number of para-hydroxylation sites is 2. The lowest BCUT2D eigenvalue weighted by atomic mass is 9.82. The molecule has 2 nitrogen and oxygen atoms in total. The van der Waals surface area contributed by atoms with E-state index in [1.54, 1.807) is 0 Å². The van der Waals surface area contributed by atoms with Crippen molar-refractivity contribution in [3.8, 4) is 39.1 Å². The molecular formula is C51H38N2. The number of hydrogen-bond donors (Lipinski definition) is 0. The van der Waals surface area contributed by atoms with Crippen LogP contribution in [0.1, 0.15) is 25.0 Å². The van der Waals surface area contributed by atoms with E-state index < -0.39 is 0 Å². The Labute approximate surface area is 310 Å². The molecule has 1 heterocycles. The van der Waals surface area contributed by atoms with Crippen LogP contribution in [0.5, 0.6) is 0 Å². The number of fused-ring (bicyclic) bond motifs is 7. The SMILES string of the molecule is CC1(C)c2ccccc2-c2c1ccc1c3ccc(N(c4ccccc4)c4cc(-c5ccccc5)cc(-c5ccccc5)c4)cc3n(-c3ccccc3)c21. The Morgan fingerprint density at radius 2 is 0.981 bits per heavy atom. The standard InChI is InChI=1S/C51H38N2/c1-51(2)46-26-16-15-25-45(46)49-47(51)30-29-44-43-28-27-41(34-48(43)53(50(44)49)40-23-13-6-14-24-40)52(39-21-11-5-12-22-39)42-32-37(35-17-7-3-8-18-35)31-38(33-42)36-19-9-4-10-20-36/h3-34H,1-2H3.